The lowest BCUT2D eigenvalue weighted by molar-refractivity contribution is -0.117. The summed E-state index contributed by atoms with van der Waals surface area (Å²) in [5.41, 5.74) is 1.56. The van der Waals surface area contributed by atoms with Crippen molar-refractivity contribution in [3.63, 3.8) is 0 Å². The second kappa shape index (κ2) is 9.65. The Morgan fingerprint density at radius 1 is 1.00 bits per heavy atom. The number of nitrogens with one attached hydrogen (secondary N) is 1. The van der Waals surface area contributed by atoms with Gasteiger partial charge in [-0.1, -0.05) is 30.3 Å². The standard InChI is InChI=1S/C26H26N6O4/c1-2-29-17-27-24-23(29)25(35)32(26(36)31(24)15-18-7-4-3-5-8-18)16-21(33)28-19-10-12-20(13-11-19)30-14-6-9-22(30)34/h3-5,7-8,10-13,17H,2,6,9,14-16H2,1H3,(H,28,33). The van der Waals surface area contributed by atoms with Crippen molar-refractivity contribution in [2.75, 3.05) is 16.8 Å². The molecule has 2 aromatic carbocycles. The number of rotatable bonds is 7. The molecule has 0 saturated carbocycles. The van der Waals surface area contributed by atoms with E-state index in [4.69, 9.17) is 0 Å². The van der Waals surface area contributed by atoms with E-state index < -0.39 is 23.7 Å². The Labute approximate surface area is 206 Å². The summed E-state index contributed by atoms with van der Waals surface area (Å²) in [7, 11) is 0. The number of imidazole rings is 1. The Morgan fingerprint density at radius 2 is 1.75 bits per heavy atom. The first-order valence-electron chi connectivity index (χ1n) is 11.9. The summed E-state index contributed by atoms with van der Waals surface area (Å²) < 4.78 is 4.05. The molecule has 2 amide bonds. The summed E-state index contributed by atoms with van der Waals surface area (Å²) in [5.74, 6) is -0.424. The van der Waals surface area contributed by atoms with Gasteiger partial charge in [0, 0.05) is 30.9 Å². The van der Waals surface area contributed by atoms with Gasteiger partial charge in [-0.05, 0) is 43.2 Å². The van der Waals surface area contributed by atoms with E-state index in [0.29, 0.717) is 30.8 Å². The molecule has 5 rings (SSSR count). The molecule has 0 unspecified atom stereocenters. The van der Waals surface area contributed by atoms with Crippen LogP contribution in [0.15, 0.2) is 70.5 Å². The Bertz CT molecular complexity index is 1550. The Morgan fingerprint density at radius 3 is 2.42 bits per heavy atom. The minimum absolute atomic E-state index is 0.0830. The molecule has 1 aliphatic rings. The zero-order chi connectivity index (χ0) is 25.2. The monoisotopic (exact) mass is 486 g/mol. The van der Waals surface area contributed by atoms with Crippen LogP contribution in [0.4, 0.5) is 11.4 Å². The lowest BCUT2D eigenvalue weighted by atomic mass is 10.2. The van der Waals surface area contributed by atoms with Crippen molar-refractivity contribution < 1.29 is 9.59 Å². The van der Waals surface area contributed by atoms with Crippen molar-refractivity contribution in [1.29, 1.82) is 0 Å². The normalized spacial score (nSPS) is 13.5. The van der Waals surface area contributed by atoms with Crippen LogP contribution in [0.2, 0.25) is 0 Å². The number of hydrogen-bond donors (Lipinski definition) is 1. The summed E-state index contributed by atoms with van der Waals surface area (Å²) in [5, 5.41) is 2.74. The van der Waals surface area contributed by atoms with Crippen LogP contribution in [0.1, 0.15) is 25.3 Å². The molecule has 10 heteroatoms. The molecule has 0 atom stereocenters. The molecule has 0 radical (unpaired) electrons. The van der Waals surface area contributed by atoms with Crippen molar-refractivity contribution in [2.24, 2.45) is 0 Å². The quantitative estimate of drug-likeness (QED) is 0.431. The van der Waals surface area contributed by atoms with Gasteiger partial charge in [-0.2, -0.15) is 0 Å². The van der Waals surface area contributed by atoms with E-state index in [1.165, 1.54) is 10.9 Å². The van der Waals surface area contributed by atoms with E-state index in [9.17, 15) is 19.2 Å². The molecule has 36 heavy (non-hydrogen) atoms. The van der Waals surface area contributed by atoms with Gasteiger partial charge in [0.05, 0.1) is 12.9 Å². The fourth-order valence-corrected chi connectivity index (χ4v) is 4.52. The Kier molecular flexibility index (Phi) is 6.24. The minimum Gasteiger partial charge on any atom is -0.325 e. The maximum atomic E-state index is 13.4. The number of hydrogen-bond acceptors (Lipinski definition) is 5. The van der Waals surface area contributed by atoms with E-state index in [1.807, 2.05) is 37.3 Å². The molecule has 0 bridgehead atoms. The number of nitrogens with zero attached hydrogens (tertiary/aromatic N) is 5. The molecule has 0 aliphatic carbocycles. The highest BCUT2D eigenvalue weighted by molar-refractivity contribution is 5.96. The van der Waals surface area contributed by atoms with Crippen LogP contribution in [0, 0.1) is 0 Å². The van der Waals surface area contributed by atoms with Gasteiger partial charge in [0.2, 0.25) is 11.8 Å². The average molecular weight is 487 g/mol. The molecular formula is C26H26N6O4. The van der Waals surface area contributed by atoms with E-state index in [2.05, 4.69) is 10.3 Å². The third-order valence-electron chi connectivity index (χ3n) is 6.35. The highest BCUT2D eigenvalue weighted by atomic mass is 16.2. The van der Waals surface area contributed by atoms with E-state index in [1.54, 1.807) is 33.7 Å². The number of fused-ring (bicyclic) bond motifs is 1. The zero-order valence-electron chi connectivity index (χ0n) is 19.9. The van der Waals surface area contributed by atoms with Gasteiger partial charge >= 0.3 is 5.69 Å². The fraction of sp³-hybridized carbons (Fsp3) is 0.269. The van der Waals surface area contributed by atoms with Gasteiger partial charge in [0.25, 0.3) is 5.56 Å². The van der Waals surface area contributed by atoms with Crippen molar-refractivity contribution in [2.45, 2.75) is 39.4 Å². The van der Waals surface area contributed by atoms with E-state index in [0.717, 1.165) is 22.2 Å². The van der Waals surface area contributed by atoms with Crippen molar-refractivity contribution in [3.05, 3.63) is 87.3 Å². The number of amides is 2. The number of aromatic nitrogens is 4. The smallest absolute Gasteiger partial charge is 0.325 e. The summed E-state index contributed by atoms with van der Waals surface area (Å²) >= 11 is 0. The number of anilines is 2. The number of carbonyl (C=O) groups excluding carboxylic acids is 2. The van der Waals surface area contributed by atoms with Gasteiger partial charge in [-0.25, -0.2) is 14.3 Å². The van der Waals surface area contributed by atoms with Crippen molar-refractivity contribution in [3.8, 4) is 0 Å². The van der Waals surface area contributed by atoms with Crippen molar-refractivity contribution >= 4 is 34.4 Å². The Hall–Kier alpha value is -4.47. The molecule has 1 saturated heterocycles. The van der Waals surface area contributed by atoms with Crippen LogP contribution in [-0.4, -0.2) is 37.0 Å². The SMILES string of the molecule is CCn1cnc2c1c(=O)n(CC(=O)Nc1ccc(N3CCCC3=O)cc1)c(=O)n2Cc1ccccc1. The average Bonchev–Trinajstić information content (AvgIpc) is 3.52. The third kappa shape index (κ3) is 4.33. The first-order valence-corrected chi connectivity index (χ1v) is 11.9. The van der Waals surface area contributed by atoms with Crippen molar-refractivity contribution in [1.82, 2.24) is 18.7 Å². The van der Waals surface area contributed by atoms with Gasteiger partial charge < -0.3 is 14.8 Å². The van der Waals surface area contributed by atoms with Crippen LogP contribution in [-0.2, 0) is 29.2 Å². The first-order chi connectivity index (χ1) is 17.5. The largest absolute Gasteiger partial charge is 0.333 e. The lowest BCUT2D eigenvalue weighted by Gasteiger charge is -2.16. The summed E-state index contributed by atoms with van der Waals surface area (Å²) in [6.07, 6.45) is 2.90. The Balaban J connectivity index is 1.44. The molecule has 1 N–H and O–H groups in total. The molecule has 1 fully saturated rings. The topological polar surface area (TPSA) is 111 Å². The van der Waals surface area contributed by atoms with Gasteiger partial charge in [0.1, 0.15) is 6.54 Å². The van der Waals surface area contributed by atoms with E-state index in [-0.39, 0.29) is 18.0 Å². The third-order valence-corrected chi connectivity index (χ3v) is 6.35. The molecule has 2 aromatic heterocycles. The predicted octanol–water partition coefficient (Wildman–Crippen LogP) is 2.19. The summed E-state index contributed by atoms with van der Waals surface area (Å²) in [4.78, 5) is 57.5. The summed E-state index contributed by atoms with van der Waals surface area (Å²) in [6.45, 7) is 2.83. The summed E-state index contributed by atoms with van der Waals surface area (Å²) in [6, 6.07) is 16.3. The van der Waals surface area contributed by atoms with Gasteiger partial charge in [-0.15, -0.1) is 0 Å². The zero-order valence-corrected chi connectivity index (χ0v) is 19.9. The molecule has 10 nitrogen and oxygen atoms in total. The second-order valence-corrected chi connectivity index (χ2v) is 8.69. The molecule has 184 valence electrons. The fourth-order valence-electron chi connectivity index (χ4n) is 4.52. The molecule has 3 heterocycles. The maximum Gasteiger partial charge on any atom is 0.333 e. The van der Waals surface area contributed by atoms with E-state index >= 15 is 0 Å². The van der Waals surface area contributed by atoms with Crippen LogP contribution in [0.25, 0.3) is 11.2 Å². The van der Waals surface area contributed by atoms with Gasteiger partial charge in [-0.3, -0.25) is 19.0 Å². The highest BCUT2D eigenvalue weighted by Crippen LogP contribution is 2.23. The molecule has 4 aromatic rings. The number of benzene rings is 2. The predicted molar refractivity (Wildman–Crippen MR) is 136 cm³/mol. The maximum absolute atomic E-state index is 13.4. The minimum atomic E-state index is -0.601. The number of aryl methyl sites for hydroxylation is 1. The van der Waals surface area contributed by atoms with Gasteiger partial charge in [0.15, 0.2) is 11.2 Å². The van der Waals surface area contributed by atoms with Crippen LogP contribution < -0.4 is 21.5 Å². The lowest BCUT2D eigenvalue weighted by Crippen LogP contribution is -2.43. The van der Waals surface area contributed by atoms with Crippen LogP contribution in [0.3, 0.4) is 0 Å². The second-order valence-electron chi connectivity index (χ2n) is 8.69. The van der Waals surface area contributed by atoms with Crippen LogP contribution in [0.5, 0.6) is 0 Å². The van der Waals surface area contributed by atoms with Crippen LogP contribution >= 0.6 is 0 Å². The molecule has 1 aliphatic heterocycles. The number of carbonyl (C=O) groups is 2. The molecule has 0 spiro atoms. The first kappa shape index (κ1) is 23.3. The molecular weight excluding hydrogens is 460 g/mol. The highest BCUT2D eigenvalue weighted by Gasteiger charge is 2.22.